The molecule has 0 unspecified atom stereocenters. The molecule has 0 atom stereocenters. The Hall–Kier alpha value is -1.56. The first kappa shape index (κ1) is 14.8. The number of benzene rings is 1. The zero-order valence-corrected chi connectivity index (χ0v) is 11.0. The molecule has 2 N–H and O–H groups in total. The van der Waals surface area contributed by atoms with Gasteiger partial charge in [-0.05, 0) is 31.4 Å². The van der Waals surface area contributed by atoms with Gasteiger partial charge >= 0.3 is 12.1 Å². The standard InChI is InChI=1S/C14H16F3NO2/c1-2-20-12(19)13(7-11(18)8-13)9-4-3-5-10(6-9)14(15,16)17/h3-6,11H,2,7-8,18H2,1H3. The third kappa shape index (κ3) is 2.52. The molecule has 3 nitrogen and oxygen atoms in total. The van der Waals surface area contributed by atoms with Crippen LogP contribution in [-0.2, 0) is 21.1 Å². The molecule has 1 saturated carbocycles. The first-order valence-electron chi connectivity index (χ1n) is 6.40. The topological polar surface area (TPSA) is 52.3 Å². The summed E-state index contributed by atoms with van der Waals surface area (Å²) in [6.07, 6.45) is -3.81. The van der Waals surface area contributed by atoms with Crippen LogP contribution in [0.5, 0.6) is 0 Å². The molecule has 1 aliphatic carbocycles. The Morgan fingerprint density at radius 3 is 2.60 bits per heavy atom. The van der Waals surface area contributed by atoms with Crippen molar-refractivity contribution < 1.29 is 22.7 Å². The first-order valence-corrected chi connectivity index (χ1v) is 6.40. The van der Waals surface area contributed by atoms with Crippen molar-refractivity contribution in [3.63, 3.8) is 0 Å². The van der Waals surface area contributed by atoms with Crippen molar-refractivity contribution in [3.05, 3.63) is 35.4 Å². The number of ether oxygens (including phenoxy) is 1. The van der Waals surface area contributed by atoms with E-state index in [1.54, 1.807) is 6.92 Å². The lowest BCUT2D eigenvalue weighted by molar-refractivity contribution is -0.155. The molecule has 1 aromatic rings. The number of carbonyl (C=O) groups is 1. The van der Waals surface area contributed by atoms with Crippen molar-refractivity contribution in [2.45, 2.75) is 37.4 Å². The van der Waals surface area contributed by atoms with E-state index in [2.05, 4.69) is 0 Å². The fraction of sp³-hybridized carbons (Fsp3) is 0.500. The van der Waals surface area contributed by atoms with Crippen LogP contribution in [0, 0.1) is 0 Å². The number of nitrogens with two attached hydrogens (primary N) is 1. The normalized spacial score (nSPS) is 25.9. The van der Waals surface area contributed by atoms with Crippen molar-refractivity contribution in [2.24, 2.45) is 5.73 Å². The van der Waals surface area contributed by atoms with E-state index in [1.165, 1.54) is 12.1 Å². The lowest BCUT2D eigenvalue weighted by Gasteiger charge is -2.44. The summed E-state index contributed by atoms with van der Waals surface area (Å²) in [5, 5.41) is 0. The fourth-order valence-corrected chi connectivity index (χ4v) is 2.62. The van der Waals surface area contributed by atoms with E-state index in [-0.39, 0.29) is 12.6 Å². The van der Waals surface area contributed by atoms with Gasteiger partial charge in [-0.1, -0.05) is 18.2 Å². The highest BCUT2D eigenvalue weighted by atomic mass is 19.4. The van der Waals surface area contributed by atoms with Crippen LogP contribution < -0.4 is 5.73 Å². The average molecular weight is 287 g/mol. The van der Waals surface area contributed by atoms with Crippen molar-refractivity contribution in [1.82, 2.24) is 0 Å². The molecular formula is C14H16F3NO2. The molecule has 20 heavy (non-hydrogen) atoms. The third-order valence-corrected chi connectivity index (χ3v) is 3.63. The summed E-state index contributed by atoms with van der Waals surface area (Å²) in [4.78, 5) is 12.1. The Kier molecular flexibility index (Phi) is 3.77. The van der Waals surface area contributed by atoms with Gasteiger partial charge in [0.25, 0.3) is 0 Å². The van der Waals surface area contributed by atoms with E-state index in [4.69, 9.17) is 10.5 Å². The van der Waals surface area contributed by atoms with Crippen molar-refractivity contribution in [3.8, 4) is 0 Å². The number of alkyl halides is 3. The Labute approximate surface area is 114 Å². The van der Waals surface area contributed by atoms with E-state index in [0.29, 0.717) is 18.4 Å². The van der Waals surface area contributed by atoms with Crippen LogP contribution in [0.15, 0.2) is 24.3 Å². The predicted molar refractivity (Wildman–Crippen MR) is 67.0 cm³/mol. The largest absolute Gasteiger partial charge is 0.465 e. The van der Waals surface area contributed by atoms with E-state index in [1.807, 2.05) is 0 Å². The summed E-state index contributed by atoms with van der Waals surface area (Å²) < 4.78 is 43.3. The van der Waals surface area contributed by atoms with Gasteiger partial charge in [0.2, 0.25) is 0 Å². The van der Waals surface area contributed by atoms with E-state index >= 15 is 0 Å². The number of hydrogen-bond donors (Lipinski definition) is 1. The second kappa shape index (κ2) is 5.09. The highest BCUT2D eigenvalue weighted by molar-refractivity contribution is 5.85. The molecule has 0 aliphatic heterocycles. The summed E-state index contributed by atoms with van der Waals surface area (Å²) in [5.41, 5.74) is 4.25. The summed E-state index contributed by atoms with van der Waals surface area (Å²) >= 11 is 0. The van der Waals surface area contributed by atoms with Crippen molar-refractivity contribution in [1.29, 1.82) is 0 Å². The maximum absolute atomic E-state index is 12.8. The quantitative estimate of drug-likeness (QED) is 0.869. The molecule has 0 aromatic heterocycles. The van der Waals surface area contributed by atoms with Gasteiger partial charge in [-0.25, -0.2) is 0 Å². The molecule has 2 rings (SSSR count). The molecule has 0 heterocycles. The molecule has 0 saturated heterocycles. The smallest absolute Gasteiger partial charge is 0.416 e. The van der Waals surface area contributed by atoms with Gasteiger partial charge in [-0.3, -0.25) is 4.79 Å². The molecule has 1 aromatic carbocycles. The van der Waals surface area contributed by atoms with Crippen LogP contribution in [0.2, 0.25) is 0 Å². The zero-order valence-electron chi connectivity index (χ0n) is 11.0. The average Bonchev–Trinajstić information content (AvgIpc) is 2.34. The highest BCUT2D eigenvalue weighted by Gasteiger charge is 2.51. The molecule has 0 amide bonds. The number of carbonyl (C=O) groups excluding carboxylic acids is 1. The molecule has 0 bridgehead atoms. The minimum absolute atomic E-state index is 0.186. The van der Waals surface area contributed by atoms with Crippen molar-refractivity contribution >= 4 is 5.97 Å². The predicted octanol–water partition coefficient (Wildman–Crippen LogP) is 2.63. The molecule has 0 radical (unpaired) electrons. The van der Waals surface area contributed by atoms with Gasteiger partial charge < -0.3 is 10.5 Å². The summed E-state index contributed by atoms with van der Waals surface area (Å²) in [6, 6.07) is 4.65. The molecule has 0 spiro atoms. The number of esters is 1. The third-order valence-electron chi connectivity index (χ3n) is 3.63. The number of hydrogen-bond acceptors (Lipinski definition) is 3. The Morgan fingerprint density at radius 2 is 2.10 bits per heavy atom. The van der Waals surface area contributed by atoms with Gasteiger partial charge in [0.05, 0.1) is 17.6 Å². The molecular weight excluding hydrogens is 271 g/mol. The molecule has 6 heteroatoms. The summed E-state index contributed by atoms with van der Waals surface area (Å²) in [6.45, 7) is 1.85. The van der Waals surface area contributed by atoms with E-state index in [0.717, 1.165) is 12.1 Å². The van der Waals surface area contributed by atoms with Crippen LogP contribution >= 0.6 is 0 Å². The van der Waals surface area contributed by atoms with Crippen LogP contribution in [0.4, 0.5) is 13.2 Å². The second-order valence-corrected chi connectivity index (χ2v) is 5.05. The van der Waals surface area contributed by atoms with Gasteiger partial charge in [-0.15, -0.1) is 0 Å². The molecule has 110 valence electrons. The first-order chi connectivity index (χ1) is 9.29. The van der Waals surface area contributed by atoms with Gasteiger partial charge in [0, 0.05) is 6.04 Å². The number of halogens is 3. The highest BCUT2D eigenvalue weighted by Crippen LogP contribution is 2.45. The zero-order chi connectivity index (χ0) is 15.0. The summed E-state index contributed by atoms with van der Waals surface area (Å²) in [5.74, 6) is -0.499. The van der Waals surface area contributed by atoms with E-state index < -0.39 is 23.1 Å². The second-order valence-electron chi connectivity index (χ2n) is 5.05. The lowest BCUT2D eigenvalue weighted by atomic mass is 9.61. The monoisotopic (exact) mass is 287 g/mol. The van der Waals surface area contributed by atoms with E-state index in [9.17, 15) is 18.0 Å². The fourth-order valence-electron chi connectivity index (χ4n) is 2.62. The maximum Gasteiger partial charge on any atom is 0.416 e. The SMILES string of the molecule is CCOC(=O)C1(c2cccc(C(F)(F)F)c2)CC(N)C1. The van der Waals surface area contributed by atoms with Crippen LogP contribution in [0.25, 0.3) is 0 Å². The minimum atomic E-state index is -4.43. The Balaban J connectivity index is 2.38. The van der Waals surface area contributed by atoms with Gasteiger partial charge in [-0.2, -0.15) is 13.2 Å². The van der Waals surface area contributed by atoms with Crippen molar-refractivity contribution in [2.75, 3.05) is 6.61 Å². The Bertz CT molecular complexity index is 507. The van der Waals surface area contributed by atoms with Crippen LogP contribution in [-0.4, -0.2) is 18.6 Å². The maximum atomic E-state index is 12.8. The summed E-state index contributed by atoms with van der Waals surface area (Å²) in [7, 11) is 0. The number of rotatable bonds is 3. The van der Waals surface area contributed by atoms with Gasteiger partial charge in [0.15, 0.2) is 0 Å². The van der Waals surface area contributed by atoms with Gasteiger partial charge in [0.1, 0.15) is 0 Å². The minimum Gasteiger partial charge on any atom is -0.465 e. The molecule has 1 aliphatic rings. The molecule has 1 fully saturated rings. The Morgan fingerprint density at radius 1 is 1.45 bits per heavy atom. The van der Waals surface area contributed by atoms with Crippen LogP contribution in [0.3, 0.4) is 0 Å². The van der Waals surface area contributed by atoms with Crippen LogP contribution in [0.1, 0.15) is 30.9 Å². The lowest BCUT2D eigenvalue weighted by Crippen LogP contribution is -2.54.